The van der Waals surface area contributed by atoms with Gasteiger partial charge in [0.05, 0.1) is 23.8 Å². The Morgan fingerprint density at radius 3 is 2.21 bits per heavy atom. The van der Waals surface area contributed by atoms with Gasteiger partial charge in [-0.2, -0.15) is 0 Å². The van der Waals surface area contributed by atoms with Crippen molar-refractivity contribution in [2.45, 2.75) is 68.1 Å². The number of benzene rings is 2. The Kier molecular flexibility index (Phi) is 8.06. The summed E-state index contributed by atoms with van der Waals surface area (Å²) < 4.78 is 22.3. The SMILES string of the molecule is CC1OC(OC2C(c3c(O)cc4occ(-c5ccc(O)cc5O)c(=O)c4c3O)OC(CO)C(O)C2O)C(O)C(O)C1O. The van der Waals surface area contributed by atoms with Crippen molar-refractivity contribution >= 4 is 11.0 Å². The average Bonchev–Trinajstić information content (AvgIpc) is 2.94. The van der Waals surface area contributed by atoms with Crippen LogP contribution in [0.15, 0.2) is 39.7 Å². The Bertz CT molecular complexity index is 1520. The minimum Gasteiger partial charge on any atom is -0.508 e. The molecule has 2 aliphatic heterocycles. The maximum absolute atomic E-state index is 13.5. The van der Waals surface area contributed by atoms with Crippen molar-refractivity contribution in [3.63, 3.8) is 0 Å². The van der Waals surface area contributed by atoms with Gasteiger partial charge in [0.25, 0.3) is 0 Å². The van der Waals surface area contributed by atoms with E-state index in [0.29, 0.717) is 0 Å². The molecule has 0 amide bonds. The van der Waals surface area contributed by atoms with Crippen molar-refractivity contribution in [1.82, 2.24) is 0 Å². The first-order valence-corrected chi connectivity index (χ1v) is 12.9. The lowest BCUT2D eigenvalue weighted by molar-refractivity contribution is -0.338. The molecule has 1 aromatic heterocycles. The van der Waals surface area contributed by atoms with Gasteiger partial charge >= 0.3 is 0 Å². The van der Waals surface area contributed by atoms with Crippen molar-refractivity contribution in [3.05, 3.63) is 46.3 Å². The Labute approximate surface area is 236 Å². The van der Waals surface area contributed by atoms with Gasteiger partial charge in [0, 0.05) is 17.7 Å². The van der Waals surface area contributed by atoms with Crippen LogP contribution in [0.2, 0.25) is 0 Å². The fourth-order valence-electron chi connectivity index (χ4n) is 5.24. The van der Waals surface area contributed by atoms with Crippen LogP contribution in [0.1, 0.15) is 18.6 Å². The lowest BCUT2D eigenvalue weighted by atomic mass is 9.89. The predicted octanol–water partition coefficient (Wildman–Crippen LogP) is -1.35. The summed E-state index contributed by atoms with van der Waals surface area (Å²) in [5.41, 5.74) is -1.97. The highest BCUT2D eigenvalue weighted by Gasteiger charge is 2.51. The number of hydrogen-bond acceptors (Lipinski definition) is 15. The van der Waals surface area contributed by atoms with Crippen molar-refractivity contribution in [2.24, 2.45) is 0 Å². The topological polar surface area (TPSA) is 260 Å². The molecule has 15 heteroatoms. The Balaban J connectivity index is 1.63. The van der Waals surface area contributed by atoms with Crippen LogP contribution in [0.25, 0.3) is 22.1 Å². The molecule has 5 rings (SSSR count). The first-order valence-electron chi connectivity index (χ1n) is 12.9. The summed E-state index contributed by atoms with van der Waals surface area (Å²) in [6, 6.07) is 4.39. The molecule has 3 heterocycles. The molecule has 2 aromatic carbocycles. The minimum absolute atomic E-state index is 0.0511. The minimum atomic E-state index is -1.90. The summed E-state index contributed by atoms with van der Waals surface area (Å²) in [4.78, 5) is 13.5. The number of aliphatic hydroxyl groups is 6. The molecule has 42 heavy (non-hydrogen) atoms. The van der Waals surface area contributed by atoms with Gasteiger partial charge < -0.3 is 69.7 Å². The molecule has 0 aliphatic carbocycles. The second-order valence-corrected chi connectivity index (χ2v) is 10.3. The van der Waals surface area contributed by atoms with Gasteiger partial charge in [-0.25, -0.2) is 0 Å². The molecule has 10 unspecified atom stereocenters. The van der Waals surface area contributed by atoms with E-state index >= 15 is 0 Å². The van der Waals surface area contributed by atoms with Crippen molar-refractivity contribution in [3.8, 4) is 34.1 Å². The summed E-state index contributed by atoms with van der Waals surface area (Å²) in [7, 11) is 0. The summed E-state index contributed by atoms with van der Waals surface area (Å²) >= 11 is 0. The summed E-state index contributed by atoms with van der Waals surface area (Å²) in [5, 5.41) is 104. The molecule has 2 fully saturated rings. The van der Waals surface area contributed by atoms with E-state index < -0.39 is 101 Å². The highest BCUT2D eigenvalue weighted by molar-refractivity contribution is 5.90. The molecule has 2 saturated heterocycles. The van der Waals surface area contributed by atoms with Crippen LogP contribution in [0, 0.1) is 0 Å². The van der Waals surface area contributed by atoms with Crippen LogP contribution in [0.3, 0.4) is 0 Å². The van der Waals surface area contributed by atoms with Crippen LogP contribution in [0.5, 0.6) is 23.0 Å². The van der Waals surface area contributed by atoms with Gasteiger partial charge in [-0.1, -0.05) is 0 Å². The lowest BCUT2D eigenvalue weighted by Crippen LogP contribution is -2.61. The smallest absolute Gasteiger partial charge is 0.204 e. The number of phenols is 4. The number of fused-ring (bicyclic) bond motifs is 1. The lowest BCUT2D eigenvalue weighted by Gasteiger charge is -2.46. The highest BCUT2D eigenvalue weighted by Crippen LogP contribution is 2.46. The van der Waals surface area contributed by atoms with E-state index in [1.807, 2.05) is 0 Å². The van der Waals surface area contributed by atoms with E-state index in [1.165, 1.54) is 19.1 Å². The Morgan fingerprint density at radius 1 is 0.833 bits per heavy atom. The number of ether oxygens (including phenoxy) is 3. The molecule has 0 radical (unpaired) electrons. The number of rotatable bonds is 5. The molecule has 0 bridgehead atoms. The van der Waals surface area contributed by atoms with E-state index in [0.717, 1.165) is 18.4 Å². The van der Waals surface area contributed by atoms with Gasteiger partial charge in [0.2, 0.25) is 5.43 Å². The average molecular weight is 595 g/mol. The molecule has 0 spiro atoms. The van der Waals surface area contributed by atoms with Gasteiger partial charge in [-0.15, -0.1) is 0 Å². The van der Waals surface area contributed by atoms with Crippen LogP contribution in [-0.4, -0.2) is 113 Å². The zero-order chi connectivity index (χ0) is 30.6. The van der Waals surface area contributed by atoms with Crippen LogP contribution >= 0.6 is 0 Å². The molecule has 0 saturated carbocycles. The monoisotopic (exact) mass is 594 g/mol. The molecular weight excluding hydrogens is 564 g/mol. The zero-order valence-corrected chi connectivity index (χ0v) is 21.9. The molecule has 3 aromatic rings. The first-order chi connectivity index (χ1) is 19.8. The Morgan fingerprint density at radius 2 is 1.55 bits per heavy atom. The standard InChI is InChI=1S/C27H30O15/c1-8-18(32)22(36)24(38)27(40-8)42-26-23(37)20(34)15(6-28)41-25(26)16-13(31)5-14-17(21(16)35)19(33)11(7-39-14)10-3-2-9(29)4-12(10)30/h2-5,7-8,15,18,20,22-32,34-38H,6H2,1H3. The van der Waals surface area contributed by atoms with Gasteiger partial charge in [0.15, 0.2) is 6.29 Å². The number of aromatic hydroxyl groups is 4. The van der Waals surface area contributed by atoms with Crippen molar-refractivity contribution in [2.75, 3.05) is 6.61 Å². The maximum Gasteiger partial charge on any atom is 0.204 e. The van der Waals surface area contributed by atoms with Gasteiger partial charge in [0.1, 0.15) is 89.1 Å². The number of hydrogen-bond donors (Lipinski definition) is 10. The fourth-order valence-corrected chi connectivity index (χ4v) is 5.24. The molecule has 15 nitrogen and oxygen atoms in total. The van der Waals surface area contributed by atoms with E-state index in [2.05, 4.69) is 0 Å². The van der Waals surface area contributed by atoms with Crippen molar-refractivity contribution in [1.29, 1.82) is 0 Å². The summed E-state index contributed by atoms with van der Waals surface area (Å²) in [5.74, 6) is -2.36. The number of phenolic OH excluding ortho intramolecular Hbond substituents is 4. The molecule has 228 valence electrons. The van der Waals surface area contributed by atoms with Gasteiger partial charge in [-0.05, 0) is 19.1 Å². The third-order valence-electron chi connectivity index (χ3n) is 7.58. The second kappa shape index (κ2) is 11.3. The quantitative estimate of drug-likeness (QED) is 0.164. The summed E-state index contributed by atoms with van der Waals surface area (Å²) in [6.07, 6.45) is -15.5. The fraction of sp³-hybridized carbons (Fsp3) is 0.444. The molecular formula is C27H30O15. The van der Waals surface area contributed by atoms with Crippen LogP contribution in [-0.2, 0) is 14.2 Å². The normalized spacial score (nSPS) is 33.6. The third kappa shape index (κ3) is 4.94. The van der Waals surface area contributed by atoms with Gasteiger partial charge in [-0.3, -0.25) is 4.79 Å². The van der Waals surface area contributed by atoms with Crippen LogP contribution in [0.4, 0.5) is 0 Å². The molecule has 10 N–H and O–H groups in total. The third-order valence-corrected chi connectivity index (χ3v) is 7.58. The zero-order valence-electron chi connectivity index (χ0n) is 21.9. The second-order valence-electron chi connectivity index (χ2n) is 10.3. The van der Waals surface area contributed by atoms with Crippen molar-refractivity contribution < 1.29 is 69.7 Å². The van der Waals surface area contributed by atoms with Crippen LogP contribution < -0.4 is 5.43 Å². The summed E-state index contributed by atoms with van der Waals surface area (Å²) in [6.45, 7) is 0.551. The predicted molar refractivity (Wildman–Crippen MR) is 139 cm³/mol. The molecule has 2 aliphatic rings. The van der Waals surface area contributed by atoms with E-state index in [-0.39, 0.29) is 22.5 Å². The number of aliphatic hydroxyl groups excluding tert-OH is 6. The van der Waals surface area contributed by atoms with E-state index in [4.69, 9.17) is 18.6 Å². The highest BCUT2D eigenvalue weighted by atomic mass is 16.7. The molecule has 10 atom stereocenters. The Hall–Kier alpha value is -3.51. The first kappa shape index (κ1) is 30.0. The maximum atomic E-state index is 13.5. The largest absolute Gasteiger partial charge is 0.508 e. The van der Waals surface area contributed by atoms with E-state index in [9.17, 15) is 55.9 Å². The van der Waals surface area contributed by atoms with E-state index in [1.54, 1.807) is 0 Å².